The van der Waals surface area contributed by atoms with Crippen LogP contribution in [0.2, 0.25) is 0 Å². The van der Waals surface area contributed by atoms with Crippen molar-refractivity contribution >= 4 is 29.9 Å². The molecule has 0 saturated carbocycles. The van der Waals surface area contributed by atoms with Crippen molar-refractivity contribution in [3.63, 3.8) is 0 Å². The van der Waals surface area contributed by atoms with Gasteiger partial charge in [-0.05, 0) is 38.7 Å². The predicted molar refractivity (Wildman–Crippen MR) is 115 cm³/mol. The minimum atomic E-state index is 0. The van der Waals surface area contributed by atoms with Crippen molar-refractivity contribution < 1.29 is 4.42 Å². The molecule has 0 radical (unpaired) electrons. The minimum absolute atomic E-state index is 0. The second kappa shape index (κ2) is 10.5. The van der Waals surface area contributed by atoms with Gasteiger partial charge in [-0.2, -0.15) is 0 Å². The number of benzene rings is 1. The van der Waals surface area contributed by atoms with Gasteiger partial charge < -0.3 is 14.6 Å². The summed E-state index contributed by atoms with van der Waals surface area (Å²) < 4.78 is 5.56. The van der Waals surface area contributed by atoms with Crippen molar-refractivity contribution in [1.29, 1.82) is 0 Å². The molecule has 1 N–H and O–H groups in total. The third-order valence-corrected chi connectivity index (χ3v) is 4.06. The molecule has 2 rings (SSSR count). The molecule has 0 amide bonds. The van der Waals surface area contributed by atoms with Crippen molar-refractivity contribution in [2.24, 2.45) is 4.99 Å². The first kappa shape index (κ1) is 21.5. The molecule has 5 nitrogen and oxygen atoms in total. The van der Waals surface area contributed by atoms with Crippen LogP contribution >= 0.6 is 24.0 Å². The molecule has 1 aromatic heterocycles. The predicted octanol–water partition coefficient (Wildman–Crippen LogP) is 3.52. The number of likely N-dealkylation sites (N-methyl/N-ethyl adjacent to an activating group) is 1. The third kappa shape index (κ3) is 6.36. The van der Waals surface area contributed by atoms with Crippen molar-refractivity contribution in [2.45, 2.75) is 19.5 Å². The standard InChI is InChI=1S/C19H28N4O.HI/c1-15-8-10-16(11-9-15)14-23(5)19(20-2)21-13-17(22(3)4)18-7-6-12-24-18;/h6-12,17H,13-14H2,1-5H3,(H,20,21);1H. The first-order valence-electron chi connectivity index (χ1n) is 8.18. The van der Waals surface area contributed by atoms with Crippen LogP contribution in [0.3, 0.4) is 0 Å². The lowest BCUT2D eigenvalue weighted by Gasteiger charge is -2.27. The summed E-state index contributed by atoms with van der Waals surface area (Å²) in [7, 11) is 7.96. The molecule has 1 heterocycles. The van der Waals surface area contributed by atoms with E-state index in [1.165, 1.54) is 11.1 Å². The van der Waals surface area contributed by atoms with E-state index in [0.717, 1.165) is 24.8 Å². The smallest absolute Gasteiger partial charge is 0.193 e. The highest BCUT2D eigenvalue weighted by atomic mass is 127. The highest BCUT2D eigenvalue weighted by Gasteiger charge is 2.18. The molecule has 0 spiro atoms. The fourth-order valence-corrected chi connectivity index (χ4v) is 2.63. The zero-order valence-electron chi connectivity index (χ0n) is 15.7. The number of nitrogens with one attached hydrogen (secondary N) is 1. The Kier molecular flexibility index (Phi) is 8.99. The number of rotatable bonds is 6. The zero-order valence-corrected chi connectivity index (χ0v) is 18.0. The van der Waals surface area contributed by atoms with E-state index in [0.29, 0.717) is 0 Å². The Balaban J connectivity index is 0.00000312. The summed E-state index contributed by atoms with van der Waals surface area (Å²) in [5, 5.41) is 3.44. The van der Waals surface area contributed by atoms with Gasteiger partial charge in [0, 0.05) is 27.2 Å². The van der Waals surface area contributed by atoms with Crippen molar-refractivity contribution in [1.82, 2.24) is 15.1 Å². The maximum Gasteiger partial charge on any atom is 0.193 e. The highest BCUT2D eigenvalue weighted by molar-refractivity contribution is 14.0. The fourth-order valence-electron chi connectivity index (χ4n) is 2.63. The molecule has 2 aromatic rings. The largest absolute Gasteiger partial charge is 0.468 e. The quantitative estimate of drug-likeness (QED) is 0.411. The van der Waals surface area contributed by atoms with E-state index in [4.69, 9.17) is 4.42 Å². The van der Waals surface area contributed by atoms with Crippen LogP contribution in [0.4, 0.5) is 0 Å². The van der Waals surface area contributed by atoms with Gasteiger partial charge >= 0.3 is 0 Å². The Morgan fingerprint density at radius 2 is 1.84 bits per heavy atom. The lowest BCUT2D eigenvalue weighted by molar-refractivity contribution is 0.256. The summed E-state index contributed by atoms with van der Waals surface area (Å²) in [6.45, 7) is 3.64. The molecule has 6 heteroatoms. The molecule has 1 aromatic carbocycles. The van der Waals surface area contributed by atoms with Crippen molar-refractivity contribution in [3.8, 4) is 0 Å². The topological polar surface area (TPSA) is 44.0 Å². The van der Waals surface area contributed by atoms with Gasteiger partial charge in [0.1, 0.15) is 5.76 Å². The number of hydrogen-bond acceptors (Lipinski definition) is 3. The summed E-state index contributed by atoms with van der Waals surface area (Å²) in [6.07, 6.45) is 1.71. The Labute approximate surface area is 168 Å². The normalized spacial score (nSPS) is 12.6. The van der Waals surface area contributed by atoms with Gasteiger partial charge in [-0.25, -0.2) is 0 Å². The van der Waals surface area contributed by atoms with Gasteiger partial charge in [-0.3, -0.25) is 9.89 Å². The highest BCUT2D eigenvalue weighted by Crippen LogP contribution is 2.17. The van der Waals surface area contributed by atoms with E-state index in [2.05, 4.69) is 51.3 Å². The summed E-state index contributed by atoms with van der Waals surface area (Å²) in [6, 6.07) is 12.7. The van der Waals surface area contributed by atoms with E-state index >= 15 is 0 Å². The van der Waals surface area contributed by atoms with E-state index < -0.39 is 0 Å². The first-order valence-corrected chi connectivity index (χ1v) is 8.18. The number of nitrogens with zero attached hydrogens (tertiary/aromatic N) is 3. The lowest BCUT2D eigenvalue weighted by atomic mass is 10.1. The Morgan fingerprint density at radius 3 is 2.36 bits per heavy atom. The average Bonchev–Trinajstić information content (AvgIpc) is 3.07. The molecule has 0 saturated heterocycles. The van der Waals surface area contributed by atoms with E-state index in [9.17, 15) is 0 Å². The summed E-state index contributed by atoms with van der Waals surface area (Å²) in [5.74, 6) is 1.82. The Morgan fingerprint density at radius 1 is 1.16 bits per heavy atom. The number of guanidine groups is 1. The zero-order chi connectivity index (χ0) is 17.5. The molecular formula is C19H29IN4O. The number of halogens is 1. The molecule has 0 fully saturated rings. The third-order valence-electron chi connectivity index (χ3n) is 4.06. The second-order valence-corrected chi connectivity index (χ2v) is 6.26. The van der Waals surface area contributed by atoms with Gasteiger partial charge in [0.2, 0.25) is 0 Å². The summed E-state index contributed by atoms with van der Waals surface area (Å²) >= 11 is 0. The lowest BCUT2D eigenvalue weighted by Crippen LogP contribution is -2.42. The van der Waals surface area contributed by atoms with Gasteiger partial charge in [-0.1, -0.05) is 29.8 Å². The van der Waals surface area contributed by atoms with Crippen molar-refractivity contribution in [3.05, 3.63) is 59.5 Å². The number of aryl methyl sites for hydroxylation is 1. The first-order chi connectivity index (χ1) is 11.5. The maximum atomic E-state index is 5.56. The van der Waals surface area contributed by atoms with Crippen LogP contribution in [0.1, 0.15) is 22.9 Å². The molecular weight excluding hydrogens is 427 g/mol. The van der Waals surface area contributed by atoms with Gasteiger partial charge in [0.05, 0.1) is 12.3 Å². The average molecular weight is 456 g/mol. The monoisotopic (exact) mass is 456 g/mol. The second-order valence-electron chi connectivity index (χ2n) is 6.26. The van der Waals surface area contributed by atoms with Crippen molar-refractivity contribution in [2.75, 3.05) is 34.7 Å². The summed E-state index contributed by atoms with van der Waals surface area (Å²) in [5.41, 5.74) is 2.54. The SMILES string of the molecule is CN=C(NCC(c1ccco1)N(C)C)N(C)Cc1ccc(C)cc1.I. The molecule has 0 aliphatic rings. The molecule has 0 bridgehead atoms. The van der Waals surface area contributed by atoms with Crippen LogP contribution < -0.4 is 5.32 Å². The van der Waals surface area contributed by atoms with Crippen LogP contribution in [0, 0.1) is 6.92 Å². The molecule has 25 heavy (non-hydrogen) atoms. The fraction of sp³-hybridized carbons (Fsp3) is 0.421. The Hall–Kier alpha value is -1.54. The van der Waals surface area contributed by atoms with Crippen LogP contribution in [-0.4, -0.2) is 50.5 Å². The van der Waals surface area contributed by atoms with E-state index in [-0.39, 0.29) is 30.0 Å². The molecule has 1 unspecified atom stereocenters. The van der Waals surface area contributed by atoms with E-state index in [1.807, 2.05) is 40.3 Å². The van der Waals surface area contributed by atoms with E-state index in [1.54, 1.807) is 6.26 Å². The number of aliphatic imine (C=N–C) groups is 1. The summed E-state index contributed by atoms with van der Waals surface area (Å²) in [4.78, 5) is 8.66. The molecule has 0 aliphatic carbocycles. The van der Waals surface area contributed by atoms with Gasteiger partial charge in [-0.15, -0.1) is 24.0 Å². The minimum Gasteiger partial charge on any atom is -0.468 e. The maximum absolute atomic E-state index is 5.56. The van der Waals surface area contributed by atoms with Gasteiger partial charge in [0.25, 0.3) is 0 Å². The number of hydrogen-bond donors (Lipinski definition) is 1. The van der Waals surface area contributed by atoms with Crippen LogP contribution in [0.15, 0.2) is 52.1 Å². The Bertz CT molecular complexity index is 638. The number of furan rings is 1. The van der Waals surface area contributed by atoms with Gasteiger partial charge in [0.15, 0.2) is 5.96 Å². The van der Waals surface area contributed by atoms with Crippen LogP contribution in [0.25, 0.3) is 0 Å². The van der Waals surface area contributed by atoms with Crippen LogP contribution in [-0.2, 0) is 6.54 Å². The molecule has 0 aliphatic heterocycles. The van der Waals surface area contributed by atoms with Crippen LogP contribution in [0.5, 0.6) is 0 Å². The molecule has 1 atom stereocenters. The molecule has 138 valence electrons.